The number of thiophene rings is 1. The standard InChI is InChI=1S/C18H20ClNO2S/c1-4-22-18(21)11(2)9-16-13-10-20(3)8-7-12-14(19)5-6-15(23-16)17(12)13/h5-6,9H,4,7-8,10H2,1-3H3/b11-9+. The molecule has 0 fully saturated rings. The Hall–Kier alpha value is -1.36. The molecule has 1 aliphatic heterocycles. The van der Waals surface area contributed by atoms with Crippen molar-refractivity contribution in [1.29, 1.82) is 0 Å². The van der Waals surface area contributed by atoms with Gasteiger partial charge in [-0.2, -0.15) is 0 Å². The first-order valence-corrected chi connectivity index (χ1v) is 8.97. The summed E-state index contributed by atoms with van der Waals surface area (Å²) in [5, 5.41) is 2.11. The number of carbonyl (C=O) groups excluding carboxylic acids is 1. The molecule has 3 nitrogen and oxygen atoms in total. The minimum absolute atomic E-state index is 0.252. The maximum absolute atomic E-state index is 11.9. The monoisotopic (exact) mass is 349 g/mol. The van der Waals surface area contributed by atoms with Crippen LogP contribution in [0.5, 0.6) is 0 Å². The van der Waals surface area contributed by atoms with Gasteiger partial charge in [-0.15, -0.1) is 11.3 Å². The van der Waals surface area contributed by atoms with Gasteiger partial charge in [-0.1, -0.05) is 11.6 Å². The third-order valence-electron chi connectivity index (χ3n) is 4.15. The molecule has 0 saturated carbocycles. The molecular weight excluding hydrogens is 330 g/mol. The molecule has 0 aliphatic carbocycles. The van der Waals surface area contributed by atoms with Crippen LogP contribution in [0.4, 0.5) is 0 Å². The summed E-state index contributed by atoms with van der Waals surface area (Å²) in [7, 11) is 2.12. The molecule has 122 valence electrons. The zero-order valence-electron chi connectivity index (χ0n) is 13.6. The highest BCUT2D eigenvalue weighted by molar-refractivity contribution is 7.20. The fraction of sp³-hybridized carbons (Fsp3) is 0.389. The molecule has 3 rings (SSSR count). The maximum Gasteiger partial charge on any atom is 0.333 e. The van der Waals surface area contributed by atoms with Crippen LogP contribution in [-0.2, 0) is 22.5 Å². The summed E-state index contributed by atoms with van der Waals surface area (Å²) in [5.74, 6) is -0.252. The lowest BCUT2D eigenvalue weighted by Gasteiger charge is -2.13. The van der Waals surface area contributed by atoms with E-state index in [1.807, 2.05) is 26.0 Å². The average Bonchev–Trinajstić information content (AvgIpc) is 2.73. The number of carbonyl (C=O) groups is 1. The largest absolute Gasteiger partial charge is 0.463 e. The molecule has 0 unspecified atom stereocenters. The maximum atomic E-state index is 11.9. The van der Waals surface area contributed by atoms with Gasteiger partial charge in [0.25, 0.3) is 0 Å². The van der Waals surface area contributed by atoms with Crippen molar-refractivity contribution in [3.05, 3.63) is 38.7 Å². The van der Waals surface area contributed by atoms with Gasteiger partial charge in [0.2, 0.25) is 0 Å². The normalized spacial score (nSPS) is 15.7. The Kier molecular flexibility index (Phi) is 4.76. The van der Waals surface area contributed by atoms with Gasteiger partial charge in [-0.25, -0.2) is 4.79 Å². The van der Waals surface area contributed by atoms with E-state index in [2.05, 4.69) is 18.0 Å². The Morgan fingerprint density at radius 3 is 2.96 bits per heavy atom. The molecular formula is C18H20ClNO2S. The second-order valence-electron chi connectivity index (χ2n) is 5.88. The molecule has 0 radical (unpaired) electrons. The minimum atomic E-state index is -0.252. The molecule has 0 atom stereocenters. The first kappa shape index (κ1) is 16.5. The fourth-order valence-corrected chi connectivity index (χ4v) is 4.49. The summed E-state index contributed by atoms with van der Waals surface area (Å²) in [6.07, 6.45) is 2.91. The summed E-state index contributed by atoms with van der Waals surface area (Å²) < 4.78 is 6.33. The van der Waals surface area contributed by atoms with Gasteiger partial charge >= 0.3 is 5.97 Å². The summed E-state index contributed by atoms with van der Waals surface area (Å²) in [6, 6.07) is 4.06. The van der Waals surface area contributed by atoms with Crippen molar-refractivity contribution < 1.29 is 9.53 Å². The van der Waals surface area contributed by atoms with E-state index in [0.29, 0.717) is 12.2 Å². The van der Waals surface area contributed by atoms with Crippen LogP contribution in [0.3, 0.4) is 0 Å². The van der Waals surface area contributed by atoms with Crippen LogP contribution in [0.2, 0.25) is 5.02 Å². The number of likely N-dealkylation sites (N-methyl/N-ethyl adjacent to an activating group) is 1. The lowest BCUT2D eigenvalue weighted by Crippen LogP contribution is -2.18. The van der Waals surface area contributed by atoms with Crippen molar-refractivity contribution >= 4 is 45.1 Å². The molecule has 0 bridgehead atoms. The van der Waals surface area contributed by atoms with Crippen molar-refractivity contribution in [1.82, 2.24) is 4.90 Å². The quantitative estimate of drug-likeness (QED) is 0.603. The van der Waals surface area contributed by atoms with Crippen LogP contribution in [-0.4, -0.2) is 31.1 Å². The number of hydrogen-bond donors (Lipinski definition) is 0. The third kappa shape index (κ3) is 3.16. The molecule has 23 heavy (non-hydrogen) atoms. The Morgan fingerprint density at radius 1 is 1.43 bits per heavy atom. The number of hydrogen-bond acceptors (Lipinski definition) is 4. The second-order valence-corrected chi connectivity index (χ2v) is 7.37. The van der Waals surface area contributed by atoms with Gasteiger partial charge in [0.1, 0.15) is 0 Å². The van der Waals surface area contributed by atoms with E-state index in [4.69, 9.17) is 16.3 Å². The lowest BCUT2D eigenvalue weighted by atomic mass is 10.0. The molecule has 1 aromatic heterocycles. The van der Waals surface area contributed by atoms with Crippen molar-refractivity contribution in [3.8, 4) is 0 Å². The predicted molar refractivity (Wildman–Crippen MR) is 97.2 cm³/mol. The number of rotatable bonds is 3. The zero-order chi connectivity index (χ0) is 16.6. The van der Waals surface area contributed by atoms with Gasteiger partial charge in [0.05, 0.1) is 6.61 Å². The molecule has 1 aromatic carbocycles. The van der Waals surface area contributed by atoms with Gasteiger partial charge in [-0.3, -0.25) is 0 Å². The van der Waals surface area contributed by atoms with Gasteiger partial charge in [-0.05, 0) is 56.7 Å². The van der Waals surface area contributed by atoms with E-state index in [1.165, 1.54) is 21.2 Å². The molecule has 5 heteroatoms. The number of ether oxygens (including phenoxy) is 1. The molecule has 1 aliphatic rings. The van der Waals surface area contributed by atoms with Crippen LogP contribution < -0.4 is 0 Å². The Balaban J connectivity index is 2.15. The second kappa shape index (κ2) is 6.63. The van der Waals surface area contributed by atoms with Crippen LogP contribution in [0, 0.1) is 0 Å². The van der Waals surface area contributed by atoms with Crippen LogP contribution in [0.15, 0.2) is 17.7 Å². The topological polar surface area (TPSA) is 29.5 Å². The van der Waals surface area contributed by atoms with Crippen LogP contribution >= 0.6 is 22.9 Å². The first-order chi connectivity index (χ1) is 11.0. The van der Waals surface area contributed by atoms with Crippen molar-refractivity contribution in [2.45, 2.75) is 26.8 Å². The predicted octanol–water partition coefficient (Wildman–Crippen LogP) is 4.51. The summed E-state index contributed by atoms with van der Waals surface area (Å²) in [5.41, 5.74) is 3.13. The Morgan fingerprint density at radius 2 is 2.22 bits per heavy atom. The molecule has 0 spiro atoms. The summed E-state index contributed by atoms with van der Waals surface area (Å²) in [4.78, 5) is 15.3. The highest BCUT2D eigenvalue weighted by atomic mass is 35.5. The lowest BCUT2D eigenvalue weighted by molar-refractivity contribution is -0.138. The van der Waals surface area contributed by atoms with Crippen molar-refractivity contribution in [3.63, 3.8) is 0 Å². The highest BCUT2D eigenvalue weighted by Crippen LogP contribution is 2.40. The number of nitrogens with zero attached hydrogens (tertiary/aromatic N) is 1. The molecule has 2 heterocycles. The van der Waals surface area contributed by atoms with Gasteiger partial charge < -0.3 is 9.64 Å². The molecule has 0 amide bonds. The Bertz CT molecular complexity index is 794. The Labute approximate surface area is 145 Å². The smallest absolute Gasteiger partial charge is 0.333 e. The van der Waals surface area contributed by atoms with Gasteiger partial charge in [0.15, 0.2) is 0 Å². The number of esters is 1. The summed E-state index contributed by atoms with van der Waals surface area (Å²) in [6.45, 7) is 5.88. The zero-order valence-corrected chi connectivity index (χ0v) is 15.2. The SMILES string of the molecule is CCOC(=O)/C(C)=C/c1sc2ccc(Cl)c3c2c1CN(C)CC3. The van der Waals surface area contributed by atoms with E-state index >= 15 is 0 Å². The molecule has 0 saturated heterocycles. The molecule has 2 aromatic rings. The molecule has 0 N–H and O–H groups in total. The van der Waals surface area contributed by atoms with E-state index in [9.17, 15) is 4.79 Å². The fourth-order valence-electron chi connectivity index (χ4n) is 2.99. The van der Waals surface area contributed by atoms with Crippen molar-refractivity contribution in [2.24, 2.45) is 0 Å². The van der Waals surface area contributed by atoms with E-state index < -0.39 is 0 Å². The summed E-state index contributed by atoms with van der Waals surface area (Å²) >= 11 is 8.15. The van der Waals surface area contributed by atoms with Crippen LogP contribution in [0.1, 0.15) is 29.9 Å². The van der Waals surface area contributed by atoms with Crippen LogP contribution in [0.25, 0.3) is 16.2 Å². The van der Waals surface area contributed by atoms with Crippen molar-refractivity contribution in [2.75, 3.05) is 20.2 Å². The highest BCUT2D eigenvalue weighted by Gasteiger charge is 2.21. The first-order valence-electron chi connectivity index (χ1n) is 7.78. The number of benzene rings is 1. The van der Waals surface area contributed by atoms with E-state index in [1.54, 1.807) is 11.3 Å². The van der Waals surface area contributed by atoms with E-state index in [-0.39, 0.29) is 5.97 Å². The third-order valence-corrected chi connectivity index (χ3v) is 5.65. The average molecular weight is 350 g/mol. The minimum Gasteiger partial charge on any atom is -0.463 e. The number of halogens is 1. The van der Waals surface area contributed by atoms with Gasteiger partial charge in [0, 0.05) is 38.6 Å². The van der Waals surface area contributed by atoms with E-state index in [0.717, 1.165) is 29.4 Å².